The average Bonchev–Trinajstić information content (AvgIpc) is 2.76. The Hall–Kier alpha value is -2.22. The Morgan fingerprint density at radius 1 is 0.774 bits per heavy atom. The zero-order valence-corrected chi connectivity index (χ0v) is 20.6. The molecular weight excluding hydrogens is 380 g/mol. The Balaban J connectivity index is 0.00000151. The predicted molar refractivity (Wildman–Crippen MR) is 133 cm³/mol. The van der Waals surface area contributed by atoms with E-state index in [9.17, 15) is 9.59 Å². The fourth-order valence-corrected chi connectivity index (χ4v) is 4.02. The number of carbonyl (C=O) groups excluding carboxylic acids is 2. The van der Waals surface area contributed by atoms with Crippen molar-refractivity contribution in [1.82, 2.24) is 0 Å². The zero-order chi connectivity index (χ0) is 23.2. The maximum Gasteiger partial charge on any atom is 0.162 e. The number of rotatable bonds is 11. The Kier molecular flexibility index (Phi) is 12.7. The standard InChI is InChI=1S/C26H34O2.C3H8/c1-5-12-20-17-22(23(27)8-4)18-21(13-6-2)25(20)26(24(28)14-7-3)19-15-10-9-11-16-19;1-3-2/h9-11,15-18,26H,5-8,12-14H2,1-4H3;3H2,1-2H3. The molecule has 0 saturated carbocycles. The lowest BCUT2D eigenvalue weighted by Crippen LogP contribution is -2.19. The second-order valence-electron chi connectivity index (χ2n) is 8.25. The van der Waals surface area contributed by atoms with Crippen molar-refractivity contribution in [3.8, 4) is 0 Å². The molecule has 2 nitrogen and oxygen atoms in total. The highest BCUT2D eigenvalue weighted by Crippen LogP contribution is 2.35. The quantitative estimate of drug-likeness (QED) is 0.343. The molecular formula is C29H42O2. The van der Waals surface area contributed by atoms with E-state index in [0.29, 0.717) is 12.8 Å². The molecule has 2 aromatic rings. The zero-order valence-electron chi connectivity index (χ0n) is 20.6. The van der Waals surface area contributed by atoms with Crippen molar-refractivity contribution in [3.05, 3.63) is 70.3 Å². The van der Waals surface area contributed by atoms with E-state index in [-0.39, 0.29) is 17.5 Å². The van der Waals surface area contributed by atoms with Crippen molar-refractivity contribution in [2.75, 3.05) is 0 Å². The summed E-state index contributed by atoms with van der Waals surface area (Å²) in [5.41, 5.74) is 5.35. The van der Waals surface area contributed by atoms with Gasteiger partial charge in [0.05, 0.1) is 5.92 Å². The summed E-state index contributed by atoms with van der Waals surface area (Å²) < 4.78 is 0. The van der Waals surface area contributed by atoms with Crippen LogP contribution in [0.4, 0.5) is 0 Å². The van der Waals surface area contributed by atoms with Crippen LogP contribution in [0, 0.1) is 0 Å². The second-order valence-corrected chi connectivity index (χ2v) is 8.25. The van der Waals surface area contributed by atoms with Crippen LogP contribution in [0.15, 0.2) is 42.5 Å². The molecule has 0 radical (unpaired) electrons. The molecule has 0 fully saturated rings. The van der Waals surface area contributed by atoms with Crippen molar-refractivity contribution in [3.63, 3.8) is 0 Å². The van der Waals surface area contributed by atoms with Crippen molar-refractivity contribution in [1.29, 1.82) is 0 Å². The second kappa shape index (κ2) is 14.7. The van der Waals surface area contributed by atoms with Gasteiger partial charge in [0, 0.05) is 18.4 Å². The molecule has 1 atom stereocenters. The first-order chi connectivity index (χ1) is 15.0. The lowest BCUT2D eigenvalue weighted by Gasteiger charge is -2.24. The van der Waals surface area contributed by atoms with Gasteiger partial charge >= 0.3 is 0 Å². The third-order valence-corrected chi connectivity index (χ3v) is 5.27. The van der Waals surface area contributed by atoms with Gasteiger partial charge in [0.1, 0.15) is 5.78 Å². The van der Waals surface area contributed by atoms with Gasteiger partial charge in [-0.3, -0.25) is 9.59 Å². The van der Waals surface area contributed by atoms with E-state index in [0.717, 1.165) is 48.8 Å². The SMILES string of the molecule is CCC.CCCC(=O)C(c1ccccc1)c1c(CCC)cc(C(=O)CC)cc1CCC. The van der Waals surface area contributed by atoms with Gasteiger partial charge in [0.15, 0.2) is 5.78 Å². The van der Waals surface area contributed by atoms with Crippen LogP contribution in [0.1, 0.15) is 119 Å². The van der Waals surface area contributed by atoms with E-state index < -0.39 is 0 Å². The molecule has 2 rings (SSSR count). The molecule has 0 aliphatic heterocycles. The number of aryl methyl sites for hydroxylation is 2. The molecule has 0 saturated heterocycles. The third-order valence-electron chi connectivity index (χ3n) is 5.27. The van der Waals surface area contributed by atoms with Gasteiger partial charge in [-0.15, -0.1) is 0 Å². The molecule has 170 valence electrons. The molecule has 0 aliphatic rings. The summed E-state index contributed by atoms with van der Waals surface area (Å²) in [6.07, 6.45) is 6.94. The number of hydrogen-bond acceptors (Lipinski definition) is 2. The average molecular weight is 423 g/mol. The lowest BCUT2D eigenvalue weighted by atomic mass is 9.78. The van der Waals surface area contributed by atoms with Crippen LogP contribution in [0.25, 0.3) is 0 Å². The molecule has 31 heavy (non-hydrogen) atoms. The van der Waals surface area contributed by atoms with Crippen LogP contribution in [0.3, 0.4) is 0 Å². The summed E-state index contributed by atoms with van der Waals surface area (Å²) in [4.78, 5) is 25.7. The Morgan fingerprint density at radius 3 is 1.71 bits per heavy atom. The molecule has 2 heteroatoms. The number of Topliss-reactive ketones (excluding diaryl/α,β-unsaturated/α-hetero) is 2. The highest BCUT2D eigenvalue weighted by molar-refractivity contribution is 5.97. The van der Waals surface area contributed by atoms with Gasteiger partial charge in [0.2, 0.25) is 0 Å². The number of hydrogen-bond donors (Lipinski definition) is 0. The number of benzene rings is 2. The van der Waals surface area contributed by atoms with Crippen molar-refractivity contribution < 1.29 is 9.59 Å². The molecule has 0 aliphatic carbocycles. The molecule has 0 bridgehead atoms. The van der Waals surface area contributed by atoms with Crippen molar-refractivity contribution in [2.45, 2.75) is 98.8 Å². The lowest BCUT2D eigenvalue weighted by molar-refractivity contribution is -0.119. The van der Waals surface area contributed by atoms with Gasteiger partial charge in [-0.2, -0.15) is 0 Å². The van der Waals surface area contributed by atoms with Crippen LogP contribution >= 0.6 is 0 Å². The van der Waals surface area contributed by atoms with Gasteiger partial charge in [-0.05, 0) is 53.6 Å². The molecule has 0 amide bonds. The van der Waals surface area contributed by atoms with Gasteiger partial charge in [-0.25, -0.2) is 0 Å². The van der Waals surface area contributed by atoms with Crippen LogP contribution in [0.2, 0.25) is 0 Å². The van der Waals surface area contributed by atoms with E-state index >= 15 is 0 Å². The topological polar surface area (TPSA) is 34.1 Å². The number of ketones is 2. The summed E-state index contributed by atoms with van der Waals surface area (Å²) >= 11 is 0. The van der Waals surface area contributed by atoms with Gasteiger partial charge in [-0.1, -0.05) is 91.1 Å². The van der Waals surface area contributed by atoms with E-state index in [2.05, 4.69) is 58.9 Å². The molecule has 1 unspecified atom stereocenters. The first kappa shape index (κ1) is 26.8. The van der Waals surface area contributed by atoms with Crippen LogP contribution in [-0.2, 0) is 17.6 Å². The Labute approximate surface area is 190 Å². The smallest absolute Gasteiger partial charge is 0.162 e. The van der Waals surface area contributed by atoms with E-state index in [4.69, 9.17) is 0 Å². The fraction of sp³-hybridized carbons (Fsp3) is 0.517. The maximum atomic E-state index is 13.3. The molecule has 0 heterocycles. The van der Waals surface area contributed by atoms with Crippen molar-refractivity contribution >= 4 is 11.6 Å². The third kappa shape index (κ3) is 7.76. The minimum Gasteiger partial charge on any atom is -0.299 e. The summed E-state index contributed by atoms with van der Waals surface area (Å²) in [5, 5.41) is 0. The van der Waals surface area contributed by atoms with Crippen LogP contribution in [0.5, 0.6) is 0 Å². The molecule has 2 aromatic carbocycles. The Morgan fingerprint density at radius 2 is 1.29 bits per heavy atom. The van der Waals surface area contributed by atoms with Gasteiger partial charge in [0.25, 0.3) is 0 Å². The normalized spacial score (nSPS) is 11.4. The monoisotopic (exact) mass is 422 g/mol. The van der Waals surface area contributed by atoms with E-state index in [1.807, 2.05) is 25.1 Å². The minimum absolute atomic E-state index is 0.178. The summed E-state index contributed by atoms with van der Waals surface area (Å²) in [6.45, 7) is 12.5. The van der Waals surface area contributed by atoms with E-state index in [1.165, 1.54) is 17.5 Å². The summed E-state index contributed by atoms with van der Waals surface area (Å²) in [5.74, 6) is 0.213. The largest absolute Gasteiger partial charge is 0.299 e. The fourth-order valence-electron chi connectivity index (χ4n) is 4.02. The molecule has 0 N–H and O–H groups in total. The summed E-state index contributed by atoms with van der Waals surface area (Å²) in [6, 6.07) is 14.3. The summed E-state index contributed by atoms with van der Waals surface area (Å²) in [7, 11) is 0. The first-order valence-corrected chi connectivity index (χ1v) is 12.2. The highest BCUT2D eigenvalue weighted by Gasteiger charge is 2.27. The maximum absolute atomic E-state index is 13.3. The van der Waals surface area contributed by atoms with E-state index in [1.54, 1.807) is 0 Å². The predicted octanol–water partition coefficient (Wildman–Crippen LogP) is 8.10. The van der Waals surface area contributed by atoms with Crippen LogP contribution < -0.4 is 0 Å². The number of carbonyl (C=O) groups is 2. The minimum atomic E-state index is -0.241. The highest BCUT2D eigenvalue weighted by atomic mass is 16.1. The van der Waals surface area contributed by atoms with Gasteiger partial charge < -0.3 is 0 Å². The van der Waals surface area contributed by atoms with Crippen molar-refractivity contribution in [2.24, 2.45) is 0 Å². The molecule has 0 spiro atoms. The first-order valence-electron chi connectivity index (χ1n) is 12.2. The Bertz CT molecular complexity index is 778. The van der Waals surface area contributed by atoms with Crippen LogP contribution in [-0.4, -0.2) is 11.6 Å². The molecule has 0 aromatic heterocycles.